The zero-order valence-electron chi connectivity index (χ0n) is 10.1. The summed E-state index contributed by atoms with van der Waals surface area (Å²) in [6, 6.07) is 2.67. The van der Waals surface area contributed by atoms with Gasteiger partial charge in [0.1, 0.15) is 11.5 Å². The summed E-state index contributed by atoms with van der Waals surface area (Å²) in [4.78, 5) is 15.9. The molecule has 3 nitrogen and oxygen atoms in total. The highest BCUT2D eigenvalue weighted by Gasteiger charge is 2.32. The van der Waals surface area contributed by atoms with E-state index in [1.807, 2.05) is 0 Å². The van der Waals surface area contributed by atoms with E-state index in [-0.39, 0.29) is 17.1 Å². The van der Waals surface area contributed by atoms with Gasteiger partial charge in [-0.05, 0) is 25.0 Å². The minimum atomic E-state index is -0.431. The molecular formula is C13H16BrFN2O. The van der Waals surface area contributed by atoms with Crippen molar-refractivity contribution in [1.82, 2.24) is 10.3 Å². The van der Waals surface area contributed by atoms with Crippen molar-refractivity contribution in [2.24, 2.45) is 0 Å². The summed E-state index contributed by atoms with van der Waals surface area (Å²) in [6.07, 6.45) is 6.50. The molecule has 98 valence electrons. The lowest BCUT2D eigenvalue weighted by molar-refractivity contribution is 0.0881. The molecule has 1 fully saturated rings. The number of pyridine rings is 1. The smallest absolute Gasteiger partial charge is 0.270 e. The Labute approximate surface area is 114 Å². The minimum Gasteiger partial charge on any atom is -0.344 e. The van der Waals surface area contributed by atoms with E-state index in [4.69, 9.17) is 0 Å². The predicted molar refractivity (Wildman–Crippen MR) is 71.3 cm³/mol. The molecule has 1 saturated carbocycles. The summed E-state index contributed by atoms with van der Waals surface area (Å²) >= 11 is 3.49. The van der Waals surface area contributed by atoms with Crippen molar-refractivity contribution in [3.8, 4) is 0 Å². The third kappa shape index (κ3) is 3.07. The van der Waals surface area contributed by atoms with Crippen LogP contribution in [0.5, 0.6) is 0 Å². The number of carbonyl (C=O) groups is 1. The van der Waals surface area contributed by atoms with Gasteiger partial charge in [-0.1, -0.05) is 35.2 Å². The van der Waals surface area contributed by atoms with Crippen LogP contribution >= 0.6 is 15.9 Å². The highest BCUT2D eigenvalue weighted by atomic mass is 79.9. The number of alkyl halides is 1. The first-order valence-electron chi connectivity index (χ1n) is 6.15. The lowest BCUT2D eigenvalue weighted by atomic mass is 9.83. The summed E-state index contributed by atoms with van der Waals surface area (Å²) in [5, 5.41) is 3.79. The average molecular weight is 315 g/mol. The summed E-state index contributed by atoms with van der Waals surface area (Å²) in [5.74, 6) is -0.657. The molecule has 2 rings (SSSR count). The summed E-state index contributed by atoms with van der Waals surface area (Å²) < 4.78 is 12.7. The quantitative estimate of drug-likeness (QED) is 0.871. The second-order valence-corrected chi connectivity index (χ2v) is 5.35. The Hall–Kier alpha value is -0.970. The van der Waals surface area contributed by atoms with Gasteiger partial charge in [0.05, 0.1) is 11.7 Å². The van der Waals surface area contributed by atoms with Crippen LogP contribution in [0.2, 0.25) is 0 Å². The molecule has 0 aromatic carbocycles. The number of amides is 1. The van der Waals surface area contributed by atoms with Crippen molar-refractivity contribution < 1.29 is 9.18 Å². The molecule has 0 spiro atoms. The maximum absolute atomic E-state index is 12.7. The van der Waals surface area contributed by atoms with Crippen LogP contribution in [0, 0.1) is 5.82 Å². The highest BCUT2D eigenvalue weighted by Crippen LogP contribution is 2.30. The zero-order valence-corrected chi connectivity index (χ0v) is 11.7. The molecule has 1 aliphatic carbocycles. The van der Waals surface area contributed by atoms with E-state index in [1.54, 1.807) is 0 Å². The van der Waals surface area contributed by atoms with Crippen LogP contribution < -0.4 is 5.32 Å². The molecule has 1 N–H and O–H groups in total. The highest BCUT2D eigenvalue weighted by molar-refractivity contribution is 9.09. The van der Waals surface area contributed by atoms with Gasteiger partial charge in [-0.15, -0.1) is 0 Å². The molecule has 0 saturated heterocycles. The van der Waals surface area contributed by atoms with Crippen molar-refractivity contribution in [3.05, 3.63) is 29.8 Å². The van der Waals surface area contributed by atoms with Crippen molar-refractivity contribution in [1.29, 1.82) is 0 Å². The number of hydrogen-bond acceptors (Lipinski definition) is 2. The molecule has 1 amide bonds. The fraction of sp³-hybridized carbons (Fsp3) is 0.538. The molecule has 0 radical (unpaired) electrons. The van der Waals surface area contributed by atoms with E-state index in [2.05, 4.69) is 26.2 Å². The van der Waals surface area contributed by atoms with Crippen LogP contribution in [-0.2, 0) is 0 Å². The van der Waals surface area contributed by atoms with Crippen LogP contribution in [0.1, 0.15) is 42.6 Å². The molecule has 0 unspecified atom stereocenters. The van der Waals surface area contributed by atoms with Crippen molar-refractivity contribution >= 4 is 21.8 Å². The van der Waals surface area contributed by atoms with Gasteiger partial charge in [-0.25, -0.2) is 9.37 Å². The SMILES string of the molecule is O=C(NC1(CBr)CCCCC1)c1ccc(F)cn1. The topological polar surface area (TPSA) is 42.0 Å². The van der Waals surface area contributed by atoms with Gasteiger partial charge in [-0.2, -0.15) is 0 Å². The fourth-order valence-electron chi connectivity index (χ4n) is 2.34. The Bertz CT molecular complexity index is 416. The third-order valence-corrected chi connectivity index (χ3v) is 4.48. The first kappa shape index (κ1) is 13.5. The normalized spacial score (nSPS) is 18.3. The molecule has 1 aromatic heterocycles. The third-order valence-electron chi connectivity index (χ3n) is 3.41. The first-order chi connectivity index (χ1) is 8.65. The number of carbonyl (C=O) groups excluding carboxylic acids is 1. The van der Waals surface area contributed by atoms with E-state index in [0.29, 0.717) is 0 Å². The van der Waals surface area contributed by atoms with E-state index in [9.17, 15) is 9.18 Å². The van der Waals surface area contributed by atoms with Gasteiger partial charge in [-0.3, -0.25) is 4.79 Å². The predicted octanol–water partition coefficient (Wildman–Crippen LogP) is 3.05. The monoisotopic (exact) mass is 314 g/mol. The number of nitrogens with one attached hydrogen (secondary N) is 1. The van der Waals surface area contributed by atoms with Crippen LogP contribution in [0.25, 0.3) is 0 Å². The van der Waals surface area contributed by atoms with Gasteiger partial charge in [0.15, 0.2) is 0 Å². The lowest BCUT2D eigenvalue weighted by Crippen LogP contribution is -2.51. The van der Waals surface area contributed by atoms with Gasteiger partial charge < -0.3 is 5.32 Å². The molecule has 1 aliphatic rings. The van der Waals surface area contributed by atoms with E-state index in [0.717, 1.165) is 37.2 Å². The Morgan fingerprint density at radius 1 is 1.39 bits per heavy atom. The van der Waals surface area contributed by atoms with Crippen LogP contribution in [0.3, 0.4) is 0 Å². The second-order valence-electron chi connectivity index (χ2n) is 4.79. The Kier molecular flexibility index (Phi) is 4.32. The number of rotatable bonds is 3. The molecule has 5 heteroatoms. The largest absolute Gasteiger partial charge is 0.344 e. The molecule has 1 aromatic rings. The van der Waals surface area contributed by atoms with E-state index >= 15 is 0 Å². The van der Waals surface area contributed by atoms with Crippen LogP contribution in [0.4, 0.5) is 4.39 Å². The van der Waals surface area contributed by atoms with Crippen molar-refractivity contribution in [2.75, 3.05) is 5.33 Å². The maximum atomic E-state index is 12.7. The standard InChI is InChI=1S/C13H16BrFN2O/c14-9-13(6-2-1-3-7-13)17-12(18)11-5-4-10(15)8-16-11/h4-5,8H,1-3,6-7,9H2,(H,17,18). The summed E-state index contributed by atoms with van der Waals surface area (Å²) in [5.41, 5.74) is 0.0908. The molecule has 18 heavy (non-hydrogen) atoms. The molecule has 0 aliphatic heterocycles. The van der Waals surface area contributed by atoms with Crippen LogP contribution in [-0.4, -0.2) is 21.8 Å². The van der Waals surface area contributed by atoms with E-state index in [1.165, 1.54) is 18.6 Å². The maximum Gasteiger partial charge on any atom is 0.270 e. The summed E-state index contributed by atoms with van der Waals surface area (Å²) in [7, 11) is 0. The molecule has 1 heterocycles. The molecular weight excluding hydrogens is 299 g/mol. The van der Waals surface area contributed by atoms with Gasteiger partial charge in [0.2, 0.25) is 0 Å². The Balaban J connectivity index is 2.07. The summed E-state index contributed by atoms with van der Waals surface area (Å²) in [6.45, 7) is 0. The Morgan fingerprint density at radius 2 is 2.11 bits per heavy atom. The van der Waals surface area contributed by atoms with Crippen molar-refractivity contribution in [2.45, 2.75) is 37.6 Å². The molecule has 0 bridgehead atoms. The van der Waals surface area contributed by atoms with E-state index < -0.39 is 5.82 Å². The fourth-order valence-corrected chi connectivity index (χ4v) is 3.04. The zero-order chi connectivity index (χ0) is 13.0. The van der Waals surface area contributed by atoms with Gasteiger partial charge in [0, 0.05) is 5.33 Å². The number of nitrogens with zero attached hydrogens (tertiary/aromatic N) is 1. The average Bonchev–Trinajstić information content (AvgIpc) is 2.40. The Morgan fingerprint density at radius 3 is 2.67 bits per heavy atom. The molecule has 0 atom stereocenters. The van der Waals surface area contributed by atoms with Gasteiger partial charge in [0.25, 0.3) is 5.91 Å². The number of hydrogen-bond donors (Lipinski definition) is 1. The van der Waals surface area contributed by atoms with Gasteiger partial charge >= 0.3 is 0 Å². The number of aromatic nitrogens is 1. The minimum absolute atomic E-state index is 0.175. The number of halogens is 2. The van der Waals surface area contributed by atoms with Crippen LogP contribution in [0.15, 0.2) is 18.3 Å². The lowest BCUT2D eigenvalue weighted by Gasteiger charge is -2.36. The first-order valence-corrected chi connectivity index (χ1v) is 7.27. The van der Waals surface area contributed by atoms with Crippen molar-refractivity contribution in [3.63, 3.8) is 0 Å². The second kappa shape index (κ2) is 5.78.